The number of rotatable bonds is 3. The lowest BCUT2D eigenvalue weighted by Gasteiger charge is -2.27. The lowest BCUT2D eigenvalue weighted by molar-refractivity contribution is 0.122. The molecular formula is C17H19F2N5O2. The maximum atomic E-state index is 13.6. The third-order valence-corrected chi connectivity index (χ3v) is 3.97. The van der Waals surface area contributed by atoms with Crippen LogP contribution in [-0.2, 0) is 4.74 Å². The fraction of sp³-hybridized carbons (Fsp3) is 0.353. The SMILES string of the molecule is Cc1nc(N2CCOCC2)nc(C)c1NC(=O)Nc1cc(F)ccc1F. The molecule has 0 unspecified atom stereocenters. The summed E-state index contributed by atoms with van der Waals surface area (Å²) < 4.78 is 32.2. The topological polar surface area (TPSA) is 79.4 Å². The number of amides is 2. The van der Waals surface area contributed by atoms with E-state index in [1.54, 1.807) is 13.8 Å². The summed E-state index contributed by atoms with van der Waals surface area (Å²) in [6, 6.07) is 2.13. The van der Waals surface area contributed by atoms with Crippen LogP contribution in [0.3, 0.4) is 0 Å². The summed E-state index contributed by atoms with van der Waals surface area (Å²) in [6.45, 7) is 6.12. The molecule has 1 fully saturated rings. The second kappa shape index (κ2) is 7.61. The van der Waals surface area contributed by atoms with E-state index < -0.39 is 17.7 Å². The molecule has 0 saturated carbocycles. The van der Waals surface area contributed by atoms with Crippen LogP contribution < -0.4 is 15.5 Å². The molecule has 0 radical (unpaired) electrons. The number of benzene rings is 1. The van der Waals surface area contributed by atoms with Gasteiger partial charge in [0.1, 0.15) is 11.6 Å². The number of carbonyl (C=O) groups excluding carboxylic acids is 1. The van der Waals surface area contributed by atoms with E-state index in [9.17, 15) is 13.6 Å². The molecule has 9 heteroatoms. The number of nitrogens with zero attached hydrogens (tertiary/aromatic N) is 3. The molecule has 0 aliphatic carbocycles. The Hall–Kier alpha value is -2.81. The van der Waals surface area contributed by atoms with Crippen molar-refractivity contribution in [2.24, 2.45) is 0 Å². The minimum atomic E-state index is -0.728. The lowest BCUT2D eigenvalue weighted by atomic mass is 10.2. The predicted molar refractivity (Wildman–Crippen MR) is 93.5 cm³/mol. The number of nitrogens with one attached hydrogen (secondary N) is 2. The Labute approximate surface area is 149 Å². The van der Waals surface area contributed by atoms with Crippen molar-refractivity contribution in [3.8, 4) is 0 Å². The van der Waals surface area contributed by atoms with Gasteiger partial charge in [0, 0.05) is 19.2 Å². The van der Waals surface area contributed by atoms with Crippen LogP contribution in [0.25, 0.3) is 0 Å². The third kappa shape index (κ3) is 4.05. The Kier molecular flexibility index (Phi) is 5.27. The molecule has 1 aliphatic rings. The van der Waals surface area contributed by atoms with Crippen LogP contribution in [0.2, 0.25) is 0 Å². The number of anilines is 3. The zero-order valence-corrected chi connectivity index (χ0v) is 14.5. The van der Waals surface area contributed by atoms with Crippen LogP contribution in [0, 0.1) is 25.5 Å². The Balaban J connectivity index is 1.74. The predicted octanol–water partition coefficient (Wildman–Crippen LogP) is 2.85. The first-order valence-corrected chi connectivity index (χ1v) is 8.15. The average Bonchev–Trinajstić information content (AvgIpc) is 2.62. The summed E-state index contributed by atoms with van der Waals surface area (Å²) in [7, 11) is 0. The number of hydrogen-bond acceptors (Lipinski definition) is 5. The fourth-order valence-corrected chi connectivity index (χ4v) is 2.64. The highest BCUT2D eigenvalue weighted by molar-refractivity contribution is 6.00. The highest BCUT2D eigenvalue weighted by Gasteiger charge is 2.18. The summed E-state index contributed by atoms with van der Waals surface area (Å²) in [5, 5.41) is 4.88. The van der Waals surface area contributed by atoms with Gasteiger partial charge >= 0.3 is 6.03 Å². The van der Waals surface area contributed by atoms with Crippen LogP contribution >= 0.6 is 0 Å². The molecule has 0 bridgehead atoms. The van der Waals surface area contributed by atoms with Gasteiger partial charge in [0.15, 0.2) is 0 Å². The summed E-state index contributed by atoms with van der Waals surface area (Å²) in [5.41, 5.74) is 1.34. The van der Waals surface area contributed by atoms with E-state index in [1.165, 1.54) is 0 Å². The highest BCUT2D eigenvalue weighted by Crippen LogP contribution is 2.22. The monoisotopic (exact) mass is 363 g/mol. The van der Waals surface area contributed by atoms with E-state index >= 15 is 0 Å². The van der Waals surface area contributed by atoms with Crippen molar-refractivity contribution in [2.45, 2.75) is 13.8 Å². The minimum Gasteiger partial charge on any atom is -0.378 e. The average molecular weight is 363 g/mol. The van der Waals surface area contributed by atoms with Gasteiger partial charge in [-0.15, -0.1) is 0 Å². The number of ether oxygens (including phenoxy) is 1. The smallest absolute Gasteiger partial charge is 0.323 e. The molecule has 1 aromatic carbocycles. The molecule has 3 rings (SSSR count). The van der Waals surface area contributed by atoms with E-state index in [4.69, 9.17) is 4.74 Å². The Morgan fingerprint density at radius 1 is 1.12 bits per heavy atom. The summed E-state index contributed by atoms with van der Waals surface area (Å²) in [4.78, 5) is 23.0. The number of aromatic nitrogens is 2. The molecule has 2 aromatic rings. The van der Waals surface area contributed by atoms with Crippen LogP contribution in [0.5, 0.6) is 0 Å². The minimum absolute atomic E-state index is 0.247. The quantitative estimate of drug-likeness (QED) is 0.877. The molecule has 2 amide bonds. The van der Waals surface area contributed by atoms with Crippen molar-refractivity contribution in [3.05, 3.63) is 41.2 Å². The molecule has 2 heterocycles. The largest absolute Gasteiger partial charge is 0.378 e. The van der Waals surface area contributed by atoms with Crippen LogP contribution in [-0.4, -0.2) is 42.3 Å². The van der Waals surface area contributed by atoms with Crippen molar-refractivity contribution in [2.75, 3.05) is 41.8 Å². The maximum absolute atomic E-state index is 13.6. The molecule has 0 atom stereocenters. The van der Waals surface area contributed by atoms with E-state index in [2.05, 4.69) is 20.6 Å². The van der Waals surface area contributed by atoms with Gasteiger partial charge in [-0.2, -0.15) is 0 Å². The van der Waals surface area contributed by atoms with Gasteiger partial charge < -0.3 is 20.3 Å². The normalized spacial score (nSPS) is 14.2. The fourth-order valence-electron chi connectivity index (χ4n) is 2.64. The van der Waals surface area contributed by atoms with Gasteiger partial charge in [-0.3, -0.25) is 0 Å². The number of aryl methyl sites for hydroxylation is 2. The Morgan fingerprint density at radius 2 is 1.77 bits per heavy atom. The molecular weight excluding hydrogens is 344 g/mol. The van der Waals surface area contributed by atoms with Crippen LogP contribution in [0.4, 0.5) is 30.9 Å². The molecule has 1 saturated heterocycles. The molecule has 138 valence electrons. The first-order valence-electron chi connectivity index (χ1n) is 8.15. The summed E-state index contributed by atoms with van der Waals surface area (Å²) in [5.74, 6) is -0.799. The van der Waals surface area contributed by atoms with E-state index in [1.807, 2.05) is 4.90 Å². The van der Waals surface area contributed by atoms with Gasteiger partial charge in [0.2, 0.25) is 5.95 Å². The van der Waals surface area contributed by atoms with Crippen molar-refractivity contribution < 1.29 is 18.3 Å². The molecule has 0 spiro atoms. The van der Waals surface area contributed by atoms with E-state index in [-0.39, 0.29) is 5.69 Å². The Morgan fingerprint density at radius 3 is 2.42 bits per heavy atom. The van der Waals surface area contributed by atoms with Crippen molar-refractivity contribution in [3.63, 3.8) is 0 Å². The molecule has 2 N–H and O–H groups in total. The van der Waals surface area contributed by atoms with Gasteiger partial charge in [0.05, 0.1) is 36.0 Å². The summed E-state index contributed by atoms with van der Waals surface area (Å²) >= 11 is 0. The Bertz CT molecular complexity index is 802. The second-order valence-corrected chi connectivity index (χ2v) is 5.87. The maximum Gasteiger partial charge on any atom is 0.323 e. The van der Waals surface area contributed by atoms with Gasteiger partial charge in [-0.05, 0) is 26.0 Å². The molecule has 7 nitrogen and oxygen atoms in total. The second-order valence-electron chi connectivity index (χ2n) is 5.87. The number of carbonyl (C=O) groups is 1. The van der Waals surface area contributed by atoms with Crippen molar-refractivity contribution in [1.29, 1.82) is 0 Å². The number of hydrogen-bond donors (Lipinski definition) is 2. The molecule has 1 aliphatic heterocycles. The standard InChI is InChI=1S/C17H19F2N5O2/c1-10-15(11(2)21-16(20-10)24-5-7-26-8-6-24)23-17(25)22-14-9-12(18)3-4-13(14)19/h3-4,9H,5-8H2,1-2H3,(H2,22,23,25). The van der Waals surface area contributed by atoms with E-state index in [0.717, 1.165) is 18.2 Å². The van der Waals surface area contributed by atoms with Gasteiger partial charge in [-0.1, -0.05) is 0 Å². The highest BCUT2D eigenvalue weighted by atomic mass is 19.1. The zero-order chi connectivity index (χ0) is 18.7. The number of morpholine rings is 1. The molecule has 1 aromatic heterocycles. The molecule has 26 heavy (non-hydrogen) atoms. The van der Waals surface area contributed by atoms with E-state index in [0.29, 0.717) is 49.3 Å². The van der Waals surface area contributed by atoms with Gasteiger partial charge in [0.25, 0.3) is 0 Å². The zero-order valence-electron chi connectivity index (χ0n) is 14.5. The van der Waals surface area contributed by atoms with Crippen LogP contribution in [0.1, 0.15) is 11.4 Å². The lowest BCUT2D eigenvalue weighted by Crippen LogP contribution is -2.37. The van der Waals surface area contributed by atoms with Crippen LogP contribution in [0.15, 0.2) is 18.2 Å². The third-order valence-electron chi connectivity index (χ3n) is 3.97. The first kappa shape index (κ1) is 18.0. The van der Waals surface area contributed by atoms with Crippen molar-refractivity contribution in [1.82, 2.24) is 9.97 Å². The van der Waals surface area contributed by atoms with Gasteiger partial charge in [-0.25, -0.2) is 23.5 Å². The number of urea groups is 1. The number of halogens is 2. The first-order chi connectivity index (χ1) is 12.4. The summed E-state index contributed by atoms with van der Waals surface area (Å²) in [6.07, 6.45) is 0. The van der Waals surface area contributed by atoms with Crippen molar-refractivity contribution >= 4 is 23.4 Å².